The molecule has 3 aromatic rings. The molecule has 0 unspecified atom stereocenters. The van der Waals surface area contributed by atoms with Gasteiger partial charge in [0.05, 0.1) is 11.9 Å². The number of hydrazone groups is 1. The van der Waals surface area contributed by atoms with Gasteiger partial charge >= 0.3 is 0 Å². The second-order valence-electron chi connectivity index (χ2n) is 5.17. The number of thiophene rings is 1. The number of nitrogens with zero attached hydrogens (tertiary/aromatic N) is 6. The van der Waals surface area contributed by atoms with Crippen LogP contribution in [-0.4, -0.2) is 37.4 Å². The highest BCUT2D eigenvalue weighted by Gasteiger charge is 2.23. The Kier molecular flexibility index (Phi) is 4.84. The van der Waals surface area contributed by atoms with Gasteiger partial charge in [-0.1, -0.05) is 18.6 Å². The summed E-state index contributed by atoms with van der Waals surface area (Å²) in [5.74, 6) is -0.192. The number of hydrogen-bond donors (Lipinski definition) is 2. The maximum Gasteiger partial charge on any atom is 0.293 e. The predicted octanol–water partition coefficient (Wildman–Crippen LogP) is 1.32. The van der Waals surface area contributed by atoms with E-state index in [1.54, 1.807) is 17.6 Å². The smallest absolute Gasteiger partial charge is 0.293 e. The molecule has 0 aliphatic heterocycles. The average Bonchev–Trinajstić information content (AvgIpc) is 3.28. The lowest BCUT2D eigenvalue weighted by atomic mass is 10.2. The number of rotatable bonds is 6. The van der Waals surface area contributed by atoms with Gasteiger partial charge in [0, 0.05) is 9.75 Å². The fourth-order valence-corrected chi connectivity index (χ4v) is 2.93. The Bertz CT molecular complexity index is 910. The molecule has 3 N–H and O–H groups in total. The van der Waals surface area contributed by atoms with Crippen molar-refractivity contribution in [2.75, 3.05) is 5.73 Å². The van der Waals surface area contributed by atoms with Gasteiger partial charge in [0.2, 0.25) is 11.6 Å². The lowest BCUT2D eigenvalue weighted by Gasteiger charge is -2.03. The first kappa shape index (κ1) is 16.8. The zero-order valence-electron chi connectivity index (χ0n) is 13.6. The summed E-state index contributed by atoms with van der Waals surface area (Å²) in [6.07, 6.45) is 2.91. The highest BCUT2D eigenvalue weighted by molar-refractivity contribution is 7.13. The van der Waals surface area contributed by atoms with E-state index >= 15 is 0 Å². The van der Waals surface area contributed by atoms with E-state index in [0.717, 1.165) is 11.3 Å². The van der Waals surface area contributed by atoms with E-state index in [2.05, 4.69) is 35.8 Å². The van der Waals surface area contributed by atoms with Crippen LogP contribution in [0.25, 0.3) is 5.82 Å². The average molecular weight is 360 g/mol. The van der Waals surface area contributed by atoms with Crippen LogP contribution >= 0.6 is 11.3 Å². The molecular formula is C14H16N8O2S. The summed E-state index contributed by atoms with van der Waals surface area (Å²) in [7, 11) is 0. The van der Waals surface area contributed by atoms with Crippen molar-refractivity contribution < 1.29 is 9.42 Å². The Morgan fingerprint density at radius 1 is 1.48 bits per heavy atom. The van der Waals surface area contributed by atoms with E-state index in [9.17, 15) is 4.79 Å². The third-order valence-corrected chi connectivity index (χ3v) is 4.22. The normalized spacial score (nSPS) is 11.3. The second-order valence-corrected chi connectivity index (χ2v) is 6.49. The standard InChI is InChI=1S/C14H16N8O2S/c1-3-4-10-11(17-21-22(10)13-12(15)19-24-20-13)14(23)18-16-7-9-6-5-8(2)25-9/h5-7H,3-4H2,1-2H3,(H2,15,19)(H,18,23)/b16-7-. The van der Waals surface area contributed by atoms with E-state index in [-0.39, 0.29) is 17.3 Å². The molecular weight excluding hydrogens is 344 g/mol. The molecule has 0 spiro atoms. The topological polar surface area (TPSA) is 137 Å². The van der Waals surface area contributed by atoms with Gasteiger partial charge in [-0.25, -0.2) is 10.1 Å². The minimum atomic E-state index is -0.464. The first-order valence-electron chi connectivity index (χ1n) is 7.53. The molecule has 0 atom stereocenters. The fourth-order valence-electron chi connectivity index (χ4n) is 2.18. The molecule has 0 saturated heterocycles. The van der Waals surface area contributed by atoms with E-state index in [4.69, 9.17) is 5.73 Å². The van der Waals surface area contributed by atoms with Crippen LogP contribution in [0.3, 0.4) is 0 Å². The fraction of sp³-hybridized carbons (Fsp3) is 0.286. The molecule has 0 radical (unpaired) electrons. The number of amides is 1. The number of carbonyl (C=O) groups excluding carboxylic acids is 1. The largest absolute Gasteiger partial charge is 0.378 e. The lowest BCUT2D eigenvalue weighted by molar-refractivity contribution is 0.0949. The maximum absolute atomic E-state index is 12.4. The molecule has 0 aliphatic carbocycles. The third-order valence-electron chi connectivity index (χ3n) is 3.28. The number of nitrogen functional groups attached to an aromatic ring is 1. The van der Waals surface area contributed by atoms with Gasteiger partial charge in [-0.05, 0) is 35.8 Å². The molecule has 0 aliphatic rings. The molecule has 1 amide bonds. The number of nitrogens with one attached hydrogen (secondary N) is 1. The van der Waals surface area contributed by atoms with Crippen LogP contribution in [0, 0.1) is 6.92 Å². The molecule has 0 bridgehead atoms. The van der Waals surface area contributed by atoms with E-state index in [0.29, 0.717) is 12.1 Å². The van der Waals surface area contributed by atoms with Crippen LogP contribution in [0.1, 0.15) is 39.3 Å². The number of aryl methyl sites for hydroxylation is 1. The Hall–Kier alpha value is -3.08. The van der Waals surface area contributed by atoms with E-state index < -0.39 is 5.91 Å². The summed E-state index contributed by atoms with van der Waals surface area (Å²) in [6.45, 7) is 3.97. The number of hydrogen-bond acceptors (Lipinski definition) is 9. The van der Waals surface area contributed by atoms with Crippen molar-refractivity contribution in [3.63, 3.8) is 0 Å². The zero-order chi connectivity index (χ0) is 17.8. The van der Waals surface area contributed by atoms with Crippen molar-refractivity contribution in [3.05, 3.63) is 33.3 Å². The van der Waals surface area contributed by atoms with E-state index in [1.807, 2.05) is 26.0 Å². The van der Waals surface area contributed by atoms with Crippen molar-refractivity contribution in [1.82, 2.24) is 30.7 Å². The van der Waals surface area contributed by atoms with Crippen molar-refractivity contribution >= 4 is 29.3 Å². The number of aromatic nitrogens is 5. The van der Waals surface area contributed by atoms with Crippen molar-refractivity contribution in [2.24, 2.45) is 5.10 Å². The molecule has 3 aromatic heterocycles. The predicted molar refractivity (Wildman–Crippen MR) is 91.7 cm³/mol. The highest BCUT2D eigenvalue weighted by Crippen LogP contribution is 2.17. The Labute approximate surface area is 146 Å². The molecule has 3 rings (SSSR count). The summed E-state index contributed by atoms with van der Waals surface area (Å²) >= 11 is 1.58. The summed E-state index contributed by atoms with van der Waals surface area (Å²) in [5, 5.41) is 19.0. The van der Waals surface area contributed by atoms with Crippen LogP contribution in [0.15, 0.2) is 21.9 Å². The monoisotopic (exact) mass is 360 g/mol. The summed E-state index contributed by atoms with van der Waals surface area (Å²) in [5.41, 5.74) is 8.87. The molecule has 3 heterocycles. The van der Waals surface area contributed by atoms with Crippen LogP contribution in [0.4, 0.5) is 5.82 Å². The third kappa shape index (κ3) is 3.55. The maximum atomic E-state index is 12.4. The number of carbonyl (C=O) groups is 1. The quantitative estimate of drug-likeness (QED) is 0.499. The van der Waals surface area contributed by atoms with Crippen LogP contribution in [0.5, 0.6) is 0 Å². The van der Waals surface area contributed by atoms with Crippen LogP contribution < -0.4 is 11.2 Å². The van der Waals surface area contributed by atoms with Gasteiger partial charge in [0.1, 0.15) is 0 Å². The molecule has 0 saturated carbocycles. The van der Waals surface area contributed by atoms with Crippen LogP contribution in [0.2, 0.25) is 0 Å². The molecule has 0 aromatic carbocycles. The Balaban J connectivity index is 1.81. The van der Waals surface area contributed by atoms with Gasteiger partial charge < -0.3 is 5.73 Å². The van der Waals surface area contributed by atoms with Gasteiger partial charge in [0.15, 0.2) is 5.69 Å². The summed E-state index contributed by atoms with van der Waals surface area (Å²) < 4.78 is 5.94. The first-order chi connectivity index (χ1) is 12.1. The number of nitrogens with two attached hydrogens (primary N) is 1. The minimum absolute atomic E-state index is 0.0697. The molecule has 130 valence electrons. The lowest BCUT2D eigenvalue weighted by Crippen LogP contribution is -2.20. The van der Waals surface area contributed by atoms with Gasteiger partial charge in [-0.2, -0.15) is 9.78 Å². The highest BCUT2D eigenvalue weighted by atomic mass is 32.1. The van der Waals surface area contributed by atoms with Crippen molar-refractivity contribution in [3.8, 4) is 5.82 Å². The Morgan fingerprint density at radius 3 is 2.96 bits per heavy atom. The van der Waals surface area contributed by atoms with Gasteiger partial charge in [-0.15, -0.1) is 16.4 Å². The molecule has 10 nitrogen and oxygen atoms in total. The summed E-state index contributed by atoms with van der Waals surface area (Å²) in [4.78, 5) is 14.5. The van der Waals surface area contributed by atoms with E-state index in [1.165, 1.54) is 9.56 Å². The molecule has 0 fully saturated rings. The van der Waals surface area contributed by atoms with Crippen molar-refractivity contribution in [1.29, 1.82) is 0 Å². The zero-order valence-corrected chi connectivity index (χ0v) is 14.4. The van der Waals surface area contributed by atoms with Gasteiger partial charge in [0.25, 0.3) is 5.91 Å². The minimum Gasteiger partial charge on any atom is -0.378 e. The first-order valence-corrected chi connectivity index (χ1v) is 8.34. The second kappa shape index (κ2) is 7.21. The molecule has 25 heavy (non-hydrogen) atoms. The van der Waals surface area contributed by atoms with Crippen LogP contribution in [-0.2, 0) is 6.42 Å². The SMILES string of the molecule is CCCc1c(C(=O)N/N=C\c2ccc(C)s2)nnn1-c1nonc1N. The van der Waals surface area contributed by atoms with Crippen molar-refractivity contribution in [2.45, 2.75) is 26.7 Å². The summed E-state index contributed by atoms with van der Waals surface area (Å²) in [6, 6.07) is 3.91. The Morgan fingerprint density at radius 2 is 2.32 bits per heavy atom. The van der Waals surface area contributed by atoms with Gasteiger partial charge in [-0.3, -0.25) is 4.79 Å². The molecule has 11 heteroatoms. The number of anilines is 1.